The Morgan fingerprint density at radius 1 is 0.184 bits per heavy atom. The smallest absolute Gasteiger partial charge is 0.121 e. The molecule has 10 heteroatoms. The Morgan fingerprint density at radius 2 is 0.480 bits per heavy atom. The molecule has 0 radical (unpaired) electrons. The number of benzene rings is 14. The quantitative estimate of drug-likeness (QED) is 0.137. The lowest BCUT2D eigenvalue weighted by molar-refractivity contribution is 0.808. The summed E-state index contributed by atoms with van der Waals surface area (Å²) in [7, 11) is 0. The third kappa shape index (κ3) is 9.03. The molecule has 6 aromatic heterocycles. The van der Waals surface area contributed by atoms with Gasteiger partial charge in [0.05, 0.1) is 55.5 Å². The van der Waals surface area contributed by atoms with Gasteiger partial charge in [-0.15, -0.1) is 10.2 Å². The number of rotatable bonds is 10. The summed E-state index contributed by atoms with van der Waals surface area (Å²) in [5, 5.41) is 28.7. The van der Waals surface area contributed by atoms with E-state index in [-0.39, 0.29) is 0 Å². The number of hydrogen-bond donors (Lipinski definition) is 0. The zero-order valence-electron chi connectivity index (χ0n) is 53.0. The minimum Gasteiger partial charge on any atom is -0.309 e. The monoisotopic (exact) mass is 1250 g/mol. The molecule has 0 aliphatic heterocycles. The summed E-state index contributed by atoms with van der Waals surface area (Å²) in [6, 6.07) is 124. The molecule has 0 saturated carbocycles. The number of hydrogen-bond acceptors (Lipinski definition) is 4. The summed E-state index contributed by atoms with van der Waals surface area (Å²) < 4.78 is 13.5. The first-order valence-electron chi connectivity index (χ1n) is 33.1. The SMILES string of the molecule is c1ccc(-c2c(-c3ccc(-n4c5ccccc5c5ccc6c(c7ccccc7n6-c6ccccc6)c54)cc3)nnn2-c2ccccc2)cc1.c1ccc(-c2c(-c3ccc(-n4c5ccccc5c5ccc6c7ccccc7n(-c7ccccc7)c6c54)cc3)nnn2-c2ccccc2)cc1. The van der Waals surface area contributed by atoms with Crippen LogP contribution in [0.3, 0.4) is 0 Å². The zero-order valence-corrected chi connectivity index (χ0v) is 53.0. The standard InChI is InChI=1S/2C44H29N5/c1-4-14-31(15-5-1)43-42(45-46-49(43)34-18-8-3-9-19-34)30-24-26-33(27-25-30)48-38-22-12-10-20-35(38)36-28-29-40-41(44(36)48)37-21-11-13-23-39(37)47(40)32-16-6-2-7-17-32;1-4-14-31(15-5-1)42-41(45-46-49(42)34-18-8-3-9-19-34)30-24-26-33(27-25-30)48-40-23-13-11-21-36(40)38-29-28-37-35-20-10-12-22-39(35)47(43(37)44(38)48)32-16-6-2-7-17-32/h2*1-29H. The highest BCUT2D eigenvalue weighted by atomic mass is 15.4. The summed E-state index contributed by atoms with van der Waals surface area (Å²) in [6.45, 7) is 0. The normalized spacial score (nSPS) is 11.7. The molecular weight excluding hydrogens is 1200 g/mol. The second-order valence-corrected chi connectivity index (χ2v) is 24.7. The van der Waals surface area contributed by atoms with Crippen molar-refractivity contribution in [3.05, 3.63) is 352 Å². The van der Waals surface area contributed by atoms with E-state index in [0.29, 0.717) is 0 Å². The molecule has 0 fully saturated rings. The van der Waals surface area contributed by atoms with Crippen molar-refractivity contribution < 1.29 is 0 Å². The van der Waals surface area contributed by atoms with Gasteiger partial charge in [-0.25, -0.2) is 9.36 Å². The van der Waals surface area contributed by atoms with E-state index in [4.69, 9.17) is 10.2 Å². The third-order valence-electron chi connectivity index (χ3n) is 19.2. The van der Waals surface area contributed by atoms with Crippen LogP contribution >= 0.6 is 0 Å². The topological polar surface area (TPSA) is 81.1 Å². The highest BCUT2D eigenvalue weighted by Crippen LogP contribution is 2.45. The van der Waals surface area contributed by atoms with Crippen LogP contribution in [0, 0.1) is 0 Å². The fourth-order valence-electron chi connectivity index (χ4n) is 14.9. The van der Waals surface area contributed by atoms with Crippen LogP contribution in [0.1, 0.15) is 0 Å². The van der Waals surface area contributed by atoms with Crippen LogP contribution in [-0.2, 0) is 0 Å². The van der Waals surface area contributed by atoms with Crippen LogP contribution in [0.4, 0.5) is 0 Å². The molecule has 20 aromatic rings. The van der Waals surface area contributed by atoms with Crippen LogP contribution in [0.15, 0.2) is 352 Å². The molecule has 98 heavy (non-hydrogen) atoms. The number of fused-ring (bicyclic) bond motifs is 14. The van der Waals surface area contributed by atoms with Gasteiger partial charge in [0.2, 0.25) is 0 Å². The van der Waals surface area contributed by atoms with Gasteiger partial charge in [0.1, 0.15) is 22.8 Å². The van der Waals surface area contributed by atoms with Gasteiger partial charge in [-0.3, -0.25) is 0 Å². The van der Waals surface area contributed by atoms with E-state index in [1.54, 1.807) is 0 Å². The Hall–Kier alpha value is -13.4. The average molecular weight is 1260 g/mol. The molecule has 0 N–H and O–H groups in total. The minimum atomic E-state index is 0.843. The van der Waals surface area contributed by atoms with Crippen molar-refractivity contribution in [2.75, 3.05) is 0 Å². The maximum absolute atomic E-state index is 4.74. The van der Waals surface area contributed by atoms with Crippen molar-refractivity contribution in [2.45, 2.75) is 0 Å². The van der Waals surface area contributed by atoms with Gasteiger partial charge in [0.15, 0.2) is 0 Å². The molecule has 10 nitrogen and oxygen atoms in total. The lowest BCUT2D eigenvalue weighted by Crippen LogP contribution is -1.99. The highest BCUT2D eigenvalue weighted by molar-refractivity contribution is 6.27. The Morgan fingerprint density at radius 3 is 0.888 bits per heavy atom. The lowest BCUT2D eigenvalue weighted by atomic mass is 10.0. The molecule has 0 bridgehead atoms. The molecule has 0 atom stereocenters. The van der Waals surface area contributed by atoms with Gasteiger partial charge in [0.25, 0.3) is 0 Å². The van der Waals surface area contributed by atoms with E-state index in [1.807, 2.05) is 57.9 Å². The molecule has 20 rings (SSSR count). The van der Waals surface area contributed by atoms with Gasteiger partial charge < -0.3 is 18.3 Å². The van der Waals surface area contributed by atoms with Crippen molar-refractivity contribution >= 4 is 87.2 Å². The van der Waals surface area contributed by atoms with Crippen LogP contribution in [0.25, 0.3) is 166 Å². The second-order valence-electron chi connectivity index (χ2n) is 24.7. The van der Waals surface area contributed by atoms with Gasteiger partial charge >= 0.3 is 0 Å². The van der Waals surface area contributed by atoms with Crippen molar-refractivity contribution in [3.8, 4) is 79.2 Å². The van der Waals surface area contributed by atoms with Gasteiger partial charge in [-0.1, -0.05) is 259 Å². The van der Waals surface area contributed by atoms with Crippen molar-refractivity contribution in [3.63, 3.8) is 0 Å². The molecule has 460 valence electrons. The summed E-state index contributed by atoms with van der Waals surface area (Å²) in [5.74, 6) is 0. The van der Waals surface area contributed by atoms with Gasteiger partial charge in [-0.05, 0) is 103 Å². The first kappa shape index (κ1) is 56.1. The molecular formula is C88H58N10. The molecule has 0 aliphatic rings. The largest absolute Gasteiger partial charge is 0.309 e. The highest BCUT2D eigenvalue weighted by Gasteiger charge is 2.25. The third-order valence-corrected chi connectivity index (χ3v) is 19.2. The van der Waals surface area contributed by atoms with Crippen molar-refractivity contribution in [2.24, 2.45) is 0 Å². The van der Waals surface area contributed by atoms with Crippen LogP contribution in [0.5, 0.6) is 0 Å². The summed E-state index contributed by atoms with van der Waals surface area (Å²) in [4.78, 5) is 0. The molecule has 0 amide bonds. The second kappa shape index (κ2) is 23.2. The first-order valence-corrected chi connectivity index (χ1v) is 33.1. The van der Waals surface area contributed by atoms with E-state index in [9.17, 15) is 0 Å². The van der Waals surface area contributed by atoms with Crippen LogP contribution in [-0.4, -0.2) is 48.3 Å². The van der Waals surface area contributed by atoms with E-state index < -0.39 is 0 Å². The van der Waals surface area contributed by atoms with Crippen molar-refractivity contribution in [1.29, 1.82) is 0 Å². The van der Waals surface area contributed by atoms with Gasteiger partial charge in [0, 0.05) is 88.1 Å². The van der Waals surface area contributed by atoms with Crippen molar-refractivity contribution in [1.82, 2.24) is 48.3 Å². The fourth-order valence-corrected chi connectivity index (χ4v) is 14.9. The van der Waals surface area contributed by atoms with Crippen LogP contribution < -0.4 is 0 Å². The van der Waals surface area contributed by atoms with Crippen LogP contribution in [0.2, 0.25) is 0 Å². The molecule has 0 unspecified atom stereocenters. The maximum atomic E-state index is 4.74. The number of aromatic nitrogens is 10. The maximum Gasteiger partial charge on any atom is 0.121 e. The Labute approximate surface area is 563 Å². The Balaban J connectivity index is 0.000000137. The van der Waals surface area contributed by atoms with E-state index in [0.717, 1.165) is 79.2 Å². The predicted octanol–water partition coefficient (Wildman–Crippen LogP) is 21.6. The number of para-hydroxylation sites is 8. The summed E-state index contributed by atoms with van der Waals surface area (Å²) in [6.07, 6.45) is 0. The van der Waals surface area contributed by atoms with E-state index >= 15 is 0 Å². The number of nitrogens with zero attached hydrogens (tertiary/aromatic N) is 10. The summed E-state index contributed by atoms with van der Waals surface area (Å²) >= 11 is 0. The molecule has 14 aromatic carbocycles. The van der Waals surface area contributed by atoms with E-state index in [1.165, 1.54) is 87.2 Å². The van der Waals surface area contributed by atoms with E-state index in [2.05, 4.69) is 332 Å². The fraction of sp³-hybridized carbons (Fsp3) is 0. The molecule has 0 aliphatic carbocycles. The lowest BCUT2D eigenvalue weighted by Gasteiger charge is -2.13. The first-order chi connectivity index (χ1) is 48.7. The molecule has 6 heterocycles. The molecule has 0 saturated heterocycles. The predicted molar refractivity (Wildman–Crippen MR) is 402 cm³/mol. The Bertz CT molecular complexity index is 6360. The zero-order chi connectivity index (χ0) is 64.6. The Kier molecular flexibility index (Phi) is 13.3. The van der Waals surface area contributed by atoms with Gasteiger partial charge in [-0.2, -0.15) is 0 Å². The molecule has 0 spiro atoms. The average Bonchev–Trinajstić information content (AvgIpc) is 1.55. The minimum absolute atomic E-state index is 0.843. The summed E-state index contributed by atoms with van der Waals surface area (Å²) in [5.41, 5.74) is 23.7.